The maximum absolute atomic E-state index is 4.96. The summed E-state index contributed by atoms with van der Waals surface area (Å²) < 4.78 is 4.64. The highest BCUT2D eigenvalue weighted by atomic mass is 15.1. The van der Waals surface area contributed by atoms with Gasteiger partial charge < -0.3 is 4.57 Å². The number of benzene rings is 7. The summed E-state index contributed by atoms with van der Waals surface area (Å²) in [4.78, 5) is 19.7. The van der Waals surface area contributed by atoms with E-state index >= 15 is 0 Å². The Morgan fingerprint density at radius 2 is 0.893 bits per heavy atom. The Balaban J connectivity index is 1.07. The molecule has 0 amide bonds. The third-order valence-electron chi connectivity index (χ3n) is 10.6. The van der Waals surface area contributed by atoms with Gasteiger partial charge in [0.15, 0.2) is 17.5 Å². The number of aromatic nitrogens is 6. The lowest BCUT2D eigenvalue weighted by Crippen LogP contribution is -2.00. The Kier molecular flexibility index (Phi) is 7.38. The summed E-state index contributed by atoms with van der Waals surface area (Å²) in [7, 11) is 0. The van der Waals surface area contributed by atoms with Crippen LogP contribution < -0.4 is 0 Å². The van der Waals surface area contributed by atoms with Crippen molar-refractivity contribution in [1.29, 1.82) is 0 Å². The van der Waals surface area contributed by atoms with Crippen LogP contribution >= 0.6 is 0 Å². The molecule has 6 nitrogen and oxygen atoms in total. The molecule has 0 aliphatic rings. The number of hydrogen-bond donors (Lipinski definition) is 0. The summed E-state index contributed by atoms with van der Waals surface area (Å²) in [5.74, 6) is 1.90. The quantitative estimate of drug-likeness (QED) is 0.172. The van der Waals surface area contributed by atoms with Crippen LogP contribution in [0.5, 0.6) is 0 Å². The maximum Gasteiger partial charge on any atom is 0.164 e. The van der Waals surface area contributed by atoms with Crippen molar-refractivity contribution in [1.82, 2.24) is 29.1 Å². The van der Waals surface area contributed by atoms with Crippen molar-refractivity contribution >= 4 is 43.7 Å². The molecule has 0 fully saturated rings. The van der Waals surface area contributed by atoms with Crippen molar-refractivity contribution < 1.29 is 0 Å². The second-order valence-corrected chi connectivity index (χ2v) is 13.9. The normalized spacial score (nSPS) is 11.6. The topological polar surface area (TPSA) is 61.4 Å². The lowest BCUT2D eigenvalue weighted by Gasteiger charge is -2.11. The van der Waals surface area contributed by atoms with E-state index in [9.17, 15) is 0 Å². The minimum absolute atomic E-state index is 0.620. The molecule has 0 aliphatic heterocycles. The van der Waals surface area contributed by atoms with Gasteiger partial charge in [0.2, 0.25) is 0 Å². The Morgan fingerprint density at radius 1 is 0.339 bits per heavy atom. The largest absolute Gasteiger partial charge is 0.309 e. The van der Waals surface area contributed by atoms with Crippen LogP contribution in [0.15, 0.2) is 194 Å². The molecule has 0 aliphatic carbocycles. The summed E-state index contributed by atoms with van der Waals surface area (Å²) in [6.45, 7) is 0. The molecular formula is C50H32N6. The van der Waals surface area contributed by atoms with Crippen molar-refractivity contribution in [3.63, 3.8) is 0 Å². The fourth-order valence-electron chi connectivity index (χ4n) is 8.09. The summed E-state index contributed by atoms with van der Waals surface area (Å²) in [6.07, 6.45) is 1.87. The lowest BCUT2D eigenvalue weighted by molar-refractivity contribution is 1.07. The summed E-state index contributed by atoms with van der Waals surface area (Å²) in [5, 5.41) is 4.72. The van der Waals surface area contributed by atoms with Crippen molar-refractivity contribution in [3.8, 4) is 56.7 Å². The van der Waals surface area contributed by atoms with Crippen LogP contribution in [0.4, 0.5) is 0 Å². The van der Waals surface area contributed by atoms with Gasteiger partial charge in [0.25, 0.3) is 0 Å². The first-order valence-electron chi connectivity index (χ1n) is 18.7. The van der Waals surface area contributed by atoms with Gasteiger partial charge in [-0.15, -0.1) is 0 Å². The monoisotopic (exact) mass is 716 g/mol. The second kappa shape index (κ2) is 13.0. The minimum atomic E-state index is 0.620. The Labute approximate surface area is 322 Å². The van der Waals surface area contributed by atoms with Crippen molar-refractivity contribution in [2.45, 2.75) is 0 Å². The highest BCUT2D eigenvalue weighted by Gasteiger charge is 2.19. The summed E-state index contributed by atoms with van der Waals surface area (Å²) >= 11 is 0. The molecule has 0 atom stereocenters. The number of hydrogen-bond acceptors (Lipinski definition) is 4. The Hall–Kier alpha value is -7.70. The van der Waals surface area contributed by atoms with Crippen LogP contribution in [0.1, 0.15) is 0 Å². The van der Waals surface area contributed by atoms with Crippen molar-refractivity contribution in [3.05, 3.63) is 194 Å². The average molecular weight is 717 g/mol. The molecule has 7 aromatic carbocycles. The molecule has 0 bridgehead atoms. The van der Waals surface area contributed by atoms with Gasteiger partial charge in [0.05, 0.1) is 16.6 Å². The molecule has 11 aromatic rings. The van der Waals surface area contributed by atoms with E-state index in [0.29, 0.717) is 17.5 Å². The van der Waals surface area contributed by atoms with Crippen LogP contribution in [0.2, 0.25) is 0 Å². The SMILES string of the molecule is c1ccc(-c2nc(-c3ccccc3)nc(-c3ccc(-n4c5cc(-c6cccc7c6c6ccccc6n7-c6ccccc6)ccc5c5cccnc54)cc3)n2)cc1. The van der Waals surface area contributed by atoms with Crippen molar-refractivity contribution in [2.24, 2.45) is 0 Å². The number of para-hydroxylation sites is 2. The third kappa shape index (κ3) is 5.19. The van der Waals surface area contributed by atoms with E-state index in [1.165, 1.54) is 27.4 Å². The maximum atomic E-state index is 4.96. The van der Waals surface area contributed by atoms with E-state index in [0.717, 1.165) is 55.6 Å². The number of rotatable bonds is 6. The second-order valence-electron chi connectivity index (χ2n) is 13.9. The van der Waals surface area contributed by atoms with Gasteiger partial charge in [-0.1, -0.05) is 121 Å². The number of fused-ring (bicyclic) bond motifs is 6. The van der Waals surface area contributed by atoms with Crippen LogP contribution in [0.3, 0.4) is 0 Å². The van der Waals surface area contributed by atoms with Gasteiger partial charge in [-0.2, -0.15) is 0 Å². The van der Waals surface area contributed by atoms with E-state index in [1.54, 1.807) is 0 Å². The molecule has 0 saturated heterocycles. The molecule has 0 N–H and O–H groups in total. The molecule has 0 radical (unpaired) electrons. The molecular weight excluding hydrogens is 685 g/mol. The predicted octanol–water partition coefficient (Wildman–Crippen LogP) is 12.1. The van der Waals surface area contributed by atoms with E-state index in [4.69, 9.17) is 19.9 Å². The molecule has 262 valence electrons. The molecule has 0 unspecified atom stereocenters. The zero-order chi connectivity index (χ0) is 37.0. The van der Waals surface area contributed by atoms with E-state index in [1.807, 2.05) is 72.9 Å². The van der Waals surface area contributed by atoms with Gasteiger partial charge in [0, 0.05) is 55.8 Å². The smallest absolute Gasteiger partial charge is 0.164 e. The van der Waals surface area contributed by atoms with Crippen LogP contribution in [-0.4, -0.2) is 29.1 Å². The predicted molar refractivity (Wildman–Crippen MR) is 228 cm³/mol. The minimum Gasteiger partial charge on any atom is -0.309 e. The van der Waals surface area contributed by atoms with E-state index in [-0.39, 0.29) is 0 Å². The fraction of sp³-hybridized carbons (Fsp3) is 0. The Bertz CT molecular complexity index is 3160. The molecule has 4 aromatic heterocycles. The van der Waals surface area contributed by atoms with Gasteiger partial charge >= 0.3 is 0 Å². The van der Waals surface area contributed by atoms with Gasteiger partial charge in [-0.05, 0) is 77.9 Å². The summed E-state index contributed by atoms with van der Waals surface area (Å²) in [5.41, 5.74) is 11.6. The molecule has 11 rings (SSSR count). The first-order chi connectivity index (χ1) is 27.8. The highest BCUT2D eigenvalue weighted by Crippen LogP contribution is 2.41. The zero-order valence-corrected chi connectivity index (χ0v) is 30.2. The van der Waals surface area contributed by atoms with Crippen LogP contribution in [0.25, 0.3) is 100 Å². The standard InChI is InChI=1S/C50H32N6/c1-4-14-33(15-5-1)47-52-48(34-16-6-2-7-17-34)54-49(53-47)35-25-28-38(29-26-35)56-45-32-36(27-30-40(45)41-22-13-31-51-50(41)56)39-21-12-24-44-46(39)42-20-10-11-23-43(42)55(44)37-18-8-3-9-19-37/h1-32H. The van der Waals surface area contributed by atoms with E-state index in [2.05, 4.69) is 130 Å². The van der Waals surface area contributed by atoms with Crippen molar-refractivity contribution in [2.75, 3.05) is 0 Å². The van der Waals surface area contributed by atoms with Gasteiger partial charge in [-0.3, -0.25) is 4.57 Å². The lowest BCUT2D eigenvalue weighted by atomic mass is 9.98. The molecule has 4 heterocycles. The highest BCUT2D eigenvalue weighted by molar-refractivity contribution is 6.17. The molecule has 56 heavy (non-hydrogen) atoms. The third-order valence-corrected chi connectivity index (χ3v) is 10.6. The van der Waals surface area contributed by atoms with Crippen LogP contribution in [-0.2, 0) is 0 Å². The fourth-order valence-corrected chi connectivity index (χ4v) is 8.09. The molecule has 0 spiro atoms. The average Bonchev–Trinajstić information content (AvgIpc) is 3.80. The van der Waals surface area contributed by atoms with Gasteiger partial charge in [0.1, 0.15) is 5.65 Å². The summed E-state index contributed by atoms with van der Waals surface area (Å²) in [6, 6.07) is 65.5. The zero-order valence-electron chi connectivity index (χ0n) is 30.2. The number of nitrogens with zero attached hydrogens (tertiary/aromatic N) is 6. The van der Waals surface area contributed by atoms with E-state index < -0.39 is 0 Å². The first-order valence-corrected chi connectivity index (χ1v) is 18.7. The molecule has 0 saturated carbocycles. The van der Waals surface area contributed by atoms with Gasteiger partial charge in [-0.25, -0.2) is 19.9 Å². The first kappa shape index (κ1) is 31.8. The molecule has 6 heteroatoms. The Morgan fingerprint density at radius 3 is 1.59 bits per heavy atom. The number of pyridine rings is 1. The van der Waals surface area contributed by atoms with Crippen LogP contribution in [0, 0.1) is 0 Å².